The quantitative estimate of drug-likeness (QED) is 0.546. The number of fused-ring (bicyclic) bond motifs is 2. The second-order valence-corrected chi connectivity index (χ2v) is 6.11. The number of phenolic OH excluding ortho intramolecular Hbond substituents is 1. The fourth-order valence-corrected chi connectivity index (χ4v) is 3.05. The van der Waals surface area contributed by atoms with E-state index in [2.05, 4.69) is 9.97 Å². The molecule has 134 valence electrons. The van der Waals surface area contributed by atoms with Crippen molar-refractivity contribution in [3.05, 3.63) is 46.4 Å². The van der Waals surface area contributed by atoms with Gasteiger partial charge in [0, 0.05) is 19.7 Å². The Bertz CT molecular complexity index is 1170. The molecule has 2 N–H and O–H groups in total. The molecule has 0 unspecified atom stereocenters. The van der Waals surface area contributed by atoms with Gasteiger partial charge in [-0.25, -0.2) is 9.78 Å². The van der Waals surface area contributed by atoms with Gasteiger partial charge in [-0.1, -0.05) is 0 Å². The van der Waals surface area contributed by atoms with E-state index in [4.69, 9.17) is 0 Å². The summed E-state index contributed by atoms with van der Waals surface area (Å²) in [5.41, 5.74) is 1.39. The van der Waals surface area contributed by atoms with Crippen LogP contribution in [0.4, 0.5) is 13.2 Å². The fourth-order valence-electron chi connectivity index (χ4n) is 3.05. The number of imidazole rings is 2. The molecule has 0 saturated carbocycles. The maximum Gasteiger partial charge on any atom is 0.416 e. The third-order valence-corrected chi connectivity index (χ3v) is 4.39. The van der Waals surface area contributed by atoms with E-state index in [1.54, 1.807) is 26.2 Å². The molecular weight excluding hydrogens is 349 g/mol. The number of hydrogen-bond donors (Lipinski definition) is 2. The molecule has 0 atom stereocenters. The molecule has 0 spiro atoms. The Morgan fingerprint density at radius 1 is 1.04 bits per heavy atom. The number of rotatable bonds is 1. The first-order valence-corrected chi connectivity index (χ1v) is 7.62. The number of benzene rings is 2. The fraction of sp³-hybridized carbons (Fsp3) is 0.176. The summed E-state index contributed by atoms with van der Waals surface area (Å²) in [5.74, 6) is -0.301. The van der Waals surface area contributed by atoms with E-state index >= 15 is 0 Å². The average Bonchev–Trinajstić information content (AvgIpc) is 3.08. The van der Waals surface area contributed by atoms with Gasteiger partial charge in [-0.2, -0.15) is 13.2 Å². The van der Waals surface area contributed by atoms with Gasteiger partial charge < -0.3 is 10.1 Å². The van der Waals surface area contributed by atoms with E-state index in [1.807, 2.05) is 0 Å². The molecule has 0 fully saturated rings. The number of aromatic amines is 1. The highest BCUT2D eigenvalue weighted by Gasteiger charge is 2.31. The van der Waals surface area contributed by atoms with Crippen LogP contribution in [0.3, 0.4) is 0 Å². The number of nitrogens with zero attached hydrogens (tertiary/aromatic N) is 3. The molecule has 6 nitrogen and oxygen atoms in total. The van der Waals surface area contributed by atoms with Crippen LogP contribution in [0.15, 0.2) is 35.1 Å². The van der Waals surface area contributed by atoms with E-state index in [0.717, 1.165) is 6.07 Å². The van der Waals surface area contributed by atoms with Crippen LogP contribution in [0.5, 0.6) is 5.75 Å². The van der Waals surface area contributed by atoms with E-state index in [-0.39, 0.29) is 17.1 Å². The van der Waals surface area contributed by atoms with Crippen LogP contribution < -0.4 is 5.69 Å². The number of H-pyrrole nitrogens is 1. The maximum atomic E-state index is 13.0. The molecule has 0 aliphatic carbocycles. The third-order valence-electron chi connectivity index (χ3n) is 4.39. The van der Waals surface area contributed by atoms with Gasteiger partial charge in [-0.15, -0.1) is 0 Å². The van der Waals surface area contributed by atoms with Crippen LogP contribution >= 0.6 is 0 Å². The van der Waals surface area contributed by atoms with Crippen LogP contribution in [0.2, 0.25) is 0 Å². The SMILES string of the molecule is Cn1c(=O)n(C)c2cc3[nH]c(-c4cc(O)cc(C(F)(F)F)c4)nc3cc21. The van der Waals surface area contributed by atoms with Crippen molar-refractivity contribution in [2.24, 2.45) is 14.1 Å². The molecule has 0 amide bonds. The average molecular weight is 362 g/mol. The van der Waals surface area contributed by atoms with Crippen LogP contribution in [-0.4, -0.2) is 24.2 Å². The minimum Gasteiger partial charge on any atom is -0.508 e. The number of aromatic nitrogens is 4. The Kier molecular flexibility index (Phi) is 3.21. The summed E-state index contributed by atoms with van der Waals surface area (Å²) < 4.78 is 41.8. The predicted molar refractivity (Wildman–Crippen MR) is 89.9 cm³/mol. The number of aryl methyl sites for hydroxylation is 2. The summed E-state index contributed by atoms with van der Waals surface area (Å²) in [6.07, 6.45) is -4.58. The molecule has 4 aromatic rings. The van der Waals surface area contributed by atoms with Crippen molar-refractivity contribution < 1.29 is 18.3 Å². The van der Waals surface area contributed by atoms with Gasteiger partial charge in [0.05, 0.1) is 27.6 Å². The maximum absolute atomic E-state index is 13.0. The molecule has 2 aromatic heterocycles. The molecule has 9 heteroatoms. The normalized spacial score (nSPS) is 12.3. The highest BCUT2D eigenvalue weighted by molar-refractivity contribution is 5.93. The Balaban J connectivity index is 1.94. The minimum atomic E-state index is -4.58. The van der Waals surface area contributed by atoms with E-state index in [9.17, 15) is 23.1 Å². The summed E-state index contributed by atoms with van der Waals surface area (Å²) in [6.45, 7) is 0. The Hall–Kier alpha value is -3.23. The number of nitrogens with one attached hydrogen (secondary N) is 1. The lowest BCUT2D eigenvalue weighted by Gasteiger charge is -2.08. The third kappa shape index (κ3) is 2.35. The van der Waals surface area contributed by atoms with Gasteiger partial charge in [0.1, 0.15) is 11.6 Å². The van der Waals surface area contributed by atoms with Crippen LogP contribution in [0.1, 0.15) is 5.56 Å². The highest BCUT2D eigenvalue weighted by Crippen LogP contribution is 2.35. The number of hydrogen-bond acceptors (Lipinski definition) is 3. The molecule has 0 bridgehead atoms. The van der Waals surface area contributed by atoms with Crippen LogP contribution in [0.25, 0.3) is 33.5 Å². The first-order chi connectivity index (χ1) is 12.1. The van der Waals surface area contributed by atoms with Crippen LogP contribution in [0, 0.1) is 0 Å². The Labute approximate surface area is 144 Å². The monoisotopic (exact) mass is 362 g/mol. The molecular formula is C17H13F3N4O2. The lowest BCUT2D eigenvalue weighted by molar-refractivity contribution is -0.137. The second kappa shape index (κ2) is 5.13. The molecule has 0 saturated heterocycles. The van der Waals surface area contributed by atoms with Gasteiger partial charge >= 0.3 is 11.9 Å². The lowest BCUT2D eigenvalue weighted by Crippen LogP contribution is -2.19. The van der Waals surface area contributed by atoms with E-state index < -0.39 is 17.5 Å². The summed E-state index contributed by atoms with van der Waals surface area (Å²) in [7, 11) is 3.27. The number of aromatic hydroxyl groups is 1. The zero-order valence-electron chi connectivity index (χ0n) is 13.7. The molecule has 4 rings (SSSR count). The summed E-state index contributed by atoms with van der Waals surface area (Å²) in [4.78, 5) is 19.3. The zero-order chi connectivity index (χ0) is 18.8. The van der Waals surface area contributed by atoms with Crippen molar-refractivity contribution in [2.75, 3.05) is 0 Å². The van der Waals surface area contributed by atoms with Crippen molar-refractivity contribution in [3.63, 3.8) is 0 Å². The molecule has 2 aromatic carbocycles. The number of halogens is 3. The highest BCUT2D eigenvalue weighted by atomic mass is 19.4. The second-order valence-electron chi connectivity index (χ2n) is 6.11. The van der Waals surface area contributed by atoms with Crippen molar-refractivity contribution in [1.82, 2.24) is 19.1 Å². The van der Waals surface area contributed by atoms with Crippen molar-refractivity contribution in [3.8, 4) is 17.1 Å². The van der Waals surface area contributed by atoms with Gasteiger partial charge in [0.25, 0.3) is 0 Å². The van der Waals surface area contributed by atoms with Gasteiger partial charge in [-0.3, -0.25) is 9.13 Å². The first kappa shape index (κ1) is 16.2. The largest absolute Gasteiger partial charge is 0.508 e. The molecule has 26 heavy (non-hydrogen) atoms. The van der Waals surface area contributed by atoms with E-state index in [0.29, 0.717) is 28.1 Å². The molecule has 0 aliphatic rings. The predicted octanol–water partition coefficient (Wildman–Crippen LogP) is 3.14. The van der Waals surface area contributed by atoms with Gasteiger partial charge in [-0.05, 0) is 30.3 Å². The minimum absolute atomic E-state index is 0.117. The lowest BCUT2D eigenvalue weighted by atomic mass is 10.1. The van der Waals surface area contributed by atoms with Crippen molar-refractivity contribution in [1.29, 1.82) is 0 Å². The van der Waals surface area contributed by atoms with Crippen LogP contribution in [-0.2, 0) is 20.3 Å². The van der Waals surface area contributed by atoms with Gasteiger partial charge in [0.2, 0.25) is 0 Å². The summed E-state index contributed by atoms with van der Waals surface area (Å²) in [5, 5.41) is 9.63. The van der Waals surface area contributed by atoms with Crippen molar-refractivity contribution >= 4 is 22.1 Å². The number of phenols is 1. The Morgan fingerprint density at radius 3 is 2.35 bits per heavy atom. The van der Waals surface area contributed by atoms with Gasteiger partial charge in [0.15, 0.2) is 0 Å². The smallest absolute Gasteiger partial charge is 0.416 e. The standard InChI is InChI=1S/C17H13F3N4O2/c1-23-13-6-11-12(7-14(13)24(2)16(23)26)22-15(21-11)8-3-9(17(18,19)20)5-10(25)4-8/h3-7,25H,1-2H3,(H,21,22). The first-order valence-electron chi connectivity index (χ1n) is 7.62. The Morgan fingerprint density at radius 2 is 1.69 bits per heavy atom. The summed E-state index contributed by atoms with van der Waals surface area (Å²) >= 11 is 0. The molecule has 0 aliphatic heterocycles. The summed E-state index contributed by atoms with van der Waals surface area (Å²) in [6, 6.07) is 6.21. The molecule has 0 radical (unpaired) electrons. The topological polar surface area (TPSA) is 75.8 Å². The van der Waals surface area contributed by atoms with Crippen molar-refractivity contribution in [2.45, 2.75) is 6.18 Å². The number of alkyl halides is 3. The van der Waals surface area contributed by atoms with E-state index in [1.165, 1.54) is 15.2 Å². The zero-order valence-corrected chi connectivity index (χ0v) is 13.7. The molecule has 2 heterocycles.